The first kappa shape index (κ1) is 14.7. The monoisotopic (exact) mass is 288 g/mol. The minimum absolute atomic E-state index is 0.0226. The van der Waals surface area contributed by atoms with Crippen LogP contribution in [0.5, 0.6) is 0 Å². The third-order valence-corrected chi connectivity index (χ3v) is 2.98. The van der Waals surface area contributed by atoms with Gasteiger partial charge in [0.05, 0.1) is 11.3 Å². The van der Waals surface area contributed by atoms with Crippen molar-refractivity contribution in [2.75, 3.05) is 0 Å². The largest absolute Gasteiger partial charge is 0.477 e. The first-order valence-electron chi connectivity index (χ1n) is 6.50. The molecular weight excluding hydrogens is 272 g/mol. The van der Waals surface area contributed by atoms with E-state index in [0.717, 1.165) is 11.3 Å². The Morgan fingerprint density at radius 2 is 2.14 bits per heavy atom. The molecule has 2 rings (SSSR count). The van der Waals surface area contributed by atoms with Crippen LogP contribution in [0, 0.1) is 0 Å². The highest BCUT2D eigenvalue weighted by Gasteiger charge is 2.14. The molecule has 0 radical (unpaired) electrons. The fourth-order valence-electron chi connectivity index (χ4n) is 1.92. The number of pyridine rings is 1. The number of carboxylic acids is 1. The summed E-state index contributed by atoms with van der Waals surface area (Å²) in [5, 5.41) is 15.7. The summed E-state index contributed by atoms with van der Waals surface area (Å²) in [5.74, 6) is -1.28. The summed E-state index contributed by atoms with van der Waals surface area (Å²) in [6, 6.07) is 3.03. The standard InChI is InChI=1S/C14H16N4O3/c1-3-11-10(8-18(2)17-11)13(19)16-7-9-4-5-12(14(20)21)15-6-9/h4-6,8H,3,7H2,1-2H3,(H,16,19)(H,20,21). The van der Waals surface area contributed by atoms with Gasteiger partial charge in [-0.05, 0) is 18.1 Å². The fraction of sp³-hybridized carbons (Fsp3) is 0.286. The number of carbonyl (C=O) groups is 2. The molecule has 2 heterocycles. The Balaban J connectivity index is 2.02. The minimum Gasteiger partial charge on any atom is -0.477 e. The zero-order valence-corrected chi connectivity index (χ0v) is 11.8. The van der Waals surface area contributed by atoms with Gasteiger partial charge in [-0.2, -0.15) is 5.10 Å². The van der Waals surface area contributed by atoms with Crippen molar-refractivity contribution in [3.05, 3.63) is 47.0 Å². The number of aryl methyl sites for hydroxylation is 2. The Morgan fingerprint density at radius 3 is 2.71 bits per heavy atom. The fourth-order valence-corrected chi connectivity index (χ4v) is 1.92. The predicted octanol–water partition coefficient (Wildman–Crippen LogP) is 1.01. The molecule has 0 bridgehead atoms. The summed E-state index contributed by atoms with van der Waals surface area (Å²) >= 11 is 0. The molecule has 110 valence electrons. The predicted molar refractivity (Wildman–Crippen MR) is 75.0 cm³/mol. The summed E-state index contributed by atoms with van der Waals surface area (Å²) in [4.78, 5) is 26.6. The molecule has 7 nitrogen and oxygen atoms in total. The second-order valence-electron chi connectivity index (χ2n) is 4.56. The molecule has 0 saturated heterocycles. The van der Waals surface area contributed by atoms with E-state index >= 15 is 0 Å². The average molecular weight is 288 g/mol. The molecule has 0 fully saturated rings. The lowest BCUT2D eigenvalue weighted by molar-refractivity contribution is 0.0690. The number of nitrogens with one attached hydrogen (secondary N) is 1. The number of aromatic nitrogens is 3. The van der Waals surface area contributed by atoms with Crippen LogP contribution in [0.2, 0.25) is 0 Å². The topological polar surface area (TPSA) is 97.1 Å². The van der Waals surface area contributed by atoms with E-state index in [1.54, 1.807) is 24.0 Å². The van der Waals surface area contributed by atoms with E-state index in [-0.39, 0.29) is 18.1 Å². The lowest BCUT2D eigenvalue weighted by atomic mass is 10.2. The molecular formula is C14H16N4O3. The second-order valence-corrected chi connectivity index (χ2v) is 4.56. The molecule has 1 amide bonds. The zero-order chi connectivity index (χ0) is 15.4. The summed E-state index contributed by atoms with van der Waals surface area (Å²) in [6.45, 7) is 2.22. The molecule has 0 atom stereocenters. The van der Waals surface area contributed by atoms with Crippen LogP contribution in [-0.4, -0.2) is 31.7 Å². The molecule has 21 heavy (non-hydrogen) atoms. The van der Waals surface area contributed by atoms with Crippen molar-refractivity contribution in [1.82, 2.24) is 20.1 Å². The van der Waals surface area contributed by atoms with Gasteiger partial charge in [-0.3, -0.25) is 9.48 Å². The van der Waals surface area contributed by atoms with E-state index in [1.807, 2.05) is 6.92 Å². The van der Waals surface area contributed by atoms with Crippen molar-refractivity contribution in [3.63, 3.8) is 0 Å². The van der Waals surface area contributed by atoms with E-state index < -0.39 is 5.97 Å². The van der Waals surface area contributed by atoms with Gasteiger partial charge in [0.1, 0.15) is 5.69 Å². The van der Waals surface area contributed by atoms with E-state index in [9.17, 15) is 9.59 Å². The second kappa shape index (κ2) is 6.17. The van der Waals surface area contributed by atoms with Crippen LogP contribution in [0.4, 0.5) is 0 Å². The number of carboxylic acid groups (broad SMARTS) is 1. The van der Waals surface area contributed by atoms with E-state index in [2.05, 4.69) is 15.4 Å². The maximum atomic E-state index is 12.1. The summed E-state index contributed by atoms with van der Waals surface area (Å²) in [6.07, 6.45) is 3.80. The zero-order valence-electron chi connectivity index (χ0n) is 11.8. The van der Waals surface area contributed by atoms with Crippen molar-refractivity contribution in [2.45, 2.75) is 19.9 Å². The van der Waals surface area contributed by atoms with Crippen LogP contribution in [0.1, 0.15) is 39.0 Å². The van der Waals surface area contributed by atoms with Gasteiger partial charge in [0.2, 0.25) is 0 Å². The molecule has 2 N–H and O–H groups in total. The van der Waals surface area contributed by atoms with Crippen LogP contribution < -0.4 is 5.32 Å². The Labute approximate surface area is 121 Å². The number of amides is 1. The van der Waals surface area contributed by atoms with E-state index in [1.165, 1.54) is 12.3 Å². The van der Waals surface area contributed by atoms with Crippen LogP contribution >= 0.6 is 0 Å². The van der Waals surface area contributed by atoms with Crippen molar-refractivity contribution in [1.29, 1.82) is 0 Å². The lowest BCUT2D eigenvalue weighted by Crippen LogP contribution is -2.23. The molecule has 0 unspecified atom stereocenters. The number of aromatic carboxylic acids is 1. The van der Waals surface area contributed by atoms with Gasteiger partial charge in [-0.15, -0.1) is 0 Å². The number of hydrogen-bond donors (Lipinski definition) is 2. The summed E-state index contributed by atoms with van der Waals surface area (Å²) < 4.78 is 1.61. The first-order valence-corrected chi connectivity index (χ1v) is 6.50. The van der Waals surface area contributed by atoms with Crippen molar-refractivity contribution < 1.29 is 14.7 Å². The van der Waals surface area contributed by atoms with E-state index in [0.29, 0.717) is 12.0 Å². The highest BCUT2D eigenvalue weighted by molar-refractivity contribution is 5.95. The maximum absolute atomic E-state index is 12.1. The maximum Gasteiger partial charge on any atom is 0.354 e. The first-order chi connectivity index (χ1) is 10.0. The Hall–Kier alpha value is -2.70. The molecule has 0 aromatic carbocycles. The number of carbonyl (C=O) groups excluding carboxylic acids is 1. The van der Waals surface area contributed by atoms with Crippen LogP contribution in [0.3, 0.4) is 0 Å². The number of rotatable bonds is 5. The lowest BCUT2D eigenvalue weighted by Gasteiger charge is -2.05. The van der Waals surface area contributed by atoms with E-state index in [4.69, 9.17) is 5.11 Å². The van der Waals surface area contributed by atoms with Crippen molar-refractivity contribution in [2.24, 2.45) is 7.05 Å². The van der Waals surface area contributed by atoms with Gasteiger partial charge in [-0.1, -0.05) is 13.0 Å². The smallest absolute Gasteiger partial charge is 0.354 e. The van der Waals surface area contributed by atoms with Crippen LogP contribution in [-0.2, 0) is 20.0 Å². The normalized spacial score (nSPS) is 10.4. The number of nitrogens with zero attached hydrogens (tertiary/aromatic N) is 3. The quantitative estimate of drug-likeness (QED) is 0.855. The Kier molecular flexibility index (Phi) is 4.32. The molecule has 0 aliphatic rings. The number of hydrogen-bond acceptors (Lipinski definition) is 4. The highest BCUT2D eigenvalue weighted by Crippen LogP contribution is 2.07. The van der Waals surface area contributed by atoms with Gasteiger partial charge < -0.3 is 10.4 Å². The molecule has 0 spiro atoms. The molecule has 0 saturated carbocycles. The minimum atomic E-state index is -1.08. The van der Waals surface area contributed by atoms with Crippen molar-refractivity contribution in [3.8, 4) is 0 Å². The molecule has 2 aromatic heterocycles. The molecule has 2 aromatic rings. The third kappa shape index (κ3) is 3.44. The average Bonchev–Trinajstić information content (AvgIpc) is 2.86. The van der Waals surface area contributed by atoms with Gasteiger partial charge in [-0.25, -0.2) is 9.78 Å². The van der Waals surface area contributed by atoms with Gasteiger partial charge in [0.15, 0.2) is 0 Å². The summed E-state index contributed by atoms with van der Waals surface area (Å²) in [5.41, 5.74) is 2.00. The third-order valence-electron chi connectivity index (χ3n) is 2.98. The molecule has 0 aliphatic carbocycles. The van der Waals surface area contributed by atoms with Gasteiger partial charge >= 0.3 is 5.97 Å². The SMILES string of the molecule is CCc1nn(C)cc1C(=O)NCc1ccc(C(=O)O)nc1. The van der Waals surface area contributed by atoms with Crippen molar-refractivity contribution >= 4 is 11.9 Å². The summed E-state index contributed by atoms with van der Waals surface area (Å²) in [7, 11) is 1.77. The van der Waals surface area contributed by atoms with Crippen LogP contribution in [0.25, 0.3) is 0 Å². The highest BCUT2D eigenvalue weighted by atomic mass is 16.4. The van der Waals surface area contributed by atoms with Gasteiger partial charge in [0, 0.05) is 26.0 Å². The molecule has 7 heteroatoms. The molecule has 0 aliphatic heterocycles. The van der Waals surface area contributed by atoms with Crippen LogP contribution in [0.15, 0.2) is 24.5 Å². The van der Waals surface area contributed by atoms with Gasteiger partial charge in [0.25, 0.3) is 5.91 Å². The Bertz CT molecular complexity index is 661. The Morgan fingerprint density at radius 1 is 1.38 bits per heavy atom.